The standard InChI is InChI=1S/C21H20BrNO4/c1-14-20(16-5-3-2-4-6-16)27-19(23-14)11-12-26-17-9-7-15(8-10-17)13-18(22)21(24)25/h2-10,18H,11-13H2,1H3,(H,24,25)/p-1. The molecule has 0 spiro atoms. The summed E-state index contributed by atoms with van der Waals surface area (Å²) in [5, 5.41) is 10.8. The number of rotatable bonds is 8. The van der Waals surface area contributed by atoms with Gasteiger partial charge in [0.1, 0.15) is 5.75 Å². The van der Waals surface area contributed by atoms with Crippen molar-refractivity contribution in [3.63, 3.8) is 0 Å². The first kappa shape index (κ1) is 19.2. The van der Waals surface area contributed by atoms with E-state index in [1.54, 1.807) is 0 Å². The maximum Gasteiger partial charge on any atom is 0.198 e. The van der Waals surface area contributed by atoms with Crippen molar-refractivity contribution < 1.29 is 19.1 Å². The Morgan fingerprint density at radius 3 is 2.56 bits per heavy atom. The summed E-state index contributed by atoms with van der Waals surface area (Å²) in [7, 11) is 0. The minimum Gasteiger partial charge on any atom is -0.549 e. The zero-order valence-electron chi connectivity index (χ0n) is 14.9. The fourth-order valence-electron chi connectivity index (χ4n) is 2.68. The Kier molecular flexibility index (Phi) is 6.29. The predicted octanol–water partition coefficient (Wildman–Crippen LogP) is 3.33. The molecule has 0 saturated carbocycles. The van der Waals surface area contributed by atoms with Gasteiger partial charge in [-0.15, -0.1) is 0 Å². The van der Waals surface area contributed by atoms with Crippen molar-refractivity contribution in [1.29, 1.82) is 0 Å². The van der Waals surface area contributed by atoms with Crippen LogP contribution in [0.4, 0.5) is 0 Å². The van der Waals surface area contributed by atoms with Gasteiger partial charge >= 0.3 is 0 Å². The highest BCUT2D eigenvalue weighted by Crippen LogP contribution is 2.24. The minimum absolute atomic E-state index is 0.362. The van der Waals surface area contributed by atoms with Gasteiger partial charge in [0, 0.05) is 5.56 Å². The molecular weight excluding hydrogens is 410 g/mol. The molecule has 27 heavy (non-hydrogen) atoms. The second-order valence-electron chi connectivity index (χ2n) is 6.12. The Hall–Kier alpha value is -2.60. The molecule has 140 valence electrons. The first-order valence-electron chi connectivity index (χ1n) is 8.61. The van der Waals surface area contributed by atoms with Crippen LogP contribution in [-0.2, 0) is 17.6 Å². The molecule has 0 saturated heterocycles. The number of benzene rings is 2. The molecule has 3 aromatic rings. The Balaban J connectivity index is 1.54. The van der Waals surface area contributed by atoms with Crippen LogP contribution < -0.4 is 9.84 Å². The van der Waals surface area contributed by atoms with Crippen LogP contribution in [0, 0.1) is 6.92 Å². The summed E-state index contributed by atoms with van der Waals surface area (Å²) in [6.07, 6.45) is 0.921. The first-order chi connectivity index (χ1) is 13.0. The number of carboxylic acids is 1. The molecule has 0 N–H and O–H groups in total. The smallest absolute Gasteiger partial charge is 0.198 e. The third-order valence-electron chi connectivity index (χ3n) is 4.06. The third-order valence-corrected chi connectivity index (χ3v) is 4.75. The summed E-state index contributed by atoms with van der Waals surface area (Å²) < 4.78 is 11.6. The molecule has 6 heteroatoms. The molecule has 0 aliphatic rings. The van der Waals surface area contributed by atoms with E-state index in [0.717, 1.165) is 22.6 Å². The largest absolute Gasteiger partial charge is 0.549 e. The number of oxazole rings is 1. The van der Waals surface area contributed by atoms with Crippen LogP contribution in [0.3, 0.4) is 0 Å². The van der Waals surface area contributed by atoms with Crippen molar-refractivity contribution in [3.05, 3.63) is 71.7 Å². The highest BCUT2D eigenvalue weighted by molar-refractivity contribution is 9.10. The molecule has 0 amide bonds. The summed E-state index contributed by atoms with van der Waals surface area (Å²) in [6, 6.07) is 17.2. The fraction of sp³-hybridized carbons (Fsp3) is 0.238. The van der Waals surface area contributed by atoms with Gasteiger partial charge in [-0.2, -0.15) is 0 Å². The first-order valence-corrected chi connectivity index (χ1v) is 9.53. The number of carboxylic acid groups (broad SMARTS) is 1. The lowest BCUT2D eigenvalue weighted by molar-refractivity contribution is -0.304. The van der Waals surface area contributed by atoms with Crippen LogP contribution in [0.2, 0.25) is 0 Å². The summed E-state index contributed by atoms with van der Waals surface area (Å²) in [5.41, 5.74) is 2.76. The monoisotopic (exact) mass is 428 g/mol. The molecule has 3 rings (SSSR count). The second-order valence-corrected chi connectivity index (χ2v) is 7.23. The summed E-state index contributed by atoms with van der Waals surface area (Å²) in [4.78, 5) is 14.5. The van der Waals surface area contributed by atoms with Gasteiger partial charge in [0.2, 0.25) is 0 Å². The molecule has 1 atom stereocenters. The zero-order chi connectivity index (χ0) is 19.2. The molecule has 0 bridgehead atoms. The van der Waals surface area contributed by atoms with Crippen LogP contribution in [0.15, 0.2) is 59.0 Å². The Labute approximate surface area is 166 Å². The second kappa shape index (κ2) is 8.86. The van der Waals surface area contributed by atoms with Crippen molar-refractivity contribution in [3.8, 4) is 17.1 Å². The molecule has 1 aromatic heterocycles. The summed E-state index contributed by atoms with van der Waals surface area (Å²) in [6.45, 7) is 2.37. The normalized spacial score (nSPS) is 11.9. The molecule has 1 unspecified atom stereocenters. The maximum absolute atomic E-state index is 10.8. The number of carbonyl (C=O) groups is 1. The number of ether oxygens (including phenoxy) is 1. The van der Waals surface area contributed by atoms with E-state index in [-0.39, 0.29) is 0 Å². The lowest BCUT2D eigenvalue weighted by atomic mass is 10.1. The molecule has 0 aliphatic heterocycles. The molecule has 5 nitrogen and oxygen atoms in total. The van der Waals surface area contributed by atoms with E-state index in [0.29, 0.717) is 31.1 Å². The van der Waals surface area contributed by atoms with Crippen LogP contribution in [0.1, 0.15) is 17.1 Å². The van der Waals surface area contributed by atoms with Crippen molar-refractivity contribution in [2.75, 3.05) is 6.61 Å². The van der Waals surface area contributed by atoms with E-state index >= 15 is 0 Å². The van der Waals surface area contributed by atoms with Gasteiger partial charge < -0.3 is 19.1 Å². The molecule has 1 heterocycles. The van der Waals surface area contributed by atoms with Gasteiger partial charge in [-0.1, -0.05) is 58.4 Å². The Morgan fingerprint density at radius 1 is 1.19 bits per heavy atom. The van der Waals surface area contributed by atoms with Crippen LogP contribution in [0.25, 0.3) is 11.3 Å². The van der Waals surface area contributed by atoms with Gasteiger partial charge in [-0.25, -0.2) is 4.98 Å². The SMILES string of the molecule is Cc1nc(CCOc2ccc(CC(Br)C(=O)[O-])cc2)oc1-c1ccccc1. The molecule has 0 fully saturated rings. The number of aliphatic carboxylic acids is 1. The topological polar surface area (TPSA) is 75.4 Å². The van der Waals surface area contributed by atoms with E-state index in [2.05, 4.69) is 20.9 Å². The number of nitrogens with zero attached hydrogens (tertiary/aromatic N) is 1. The molecular formula is C21H19BrNO4-. The van der Waals surface area contributed by atoms with Gasteiger partial charge in [0.25, 0.3) is 0 Å². The highest BCUT2D eigenvalue weighted by Gasteiger charge is 2.11. The van der Waals surface area contributed by atoms with Gasteiger partial charge in [-0.3, -0.25) is 0 Å². The summed E-state index contributed by atoms with van der Waals surface area (Å²) >= 11 is 3.08. The number of hydrogen-bond donors (Lipinski definition) is 0. The fourth-order valence-corrected chi connectivity index (χ4v) is 3.06. The number of alkyl halides is 1. The molecule has 0 radical (unpaired) electrons. The lowest BCUT2D eigenvalue weighted by Crippen LogP contribution is -2.32. The average molecular weight is 429 g/mol. The van der Waals surface area contributed by atoms with Crippen molar-refractivity contribution in [1.82, 2.24) is 4.98 Å². The van der Waals surface area contributed by atoms with Crippen molar-refractivity contribution >= 4 is 21.9 Å². The Morgan fingerprint density at radius 2 is 1.89 bits per heavy atom. The van der Waals surface area contributed by atoms with Crippen LogP contribution in [0.5, 0.6) is 5.75 Å². The minimum atomic E-state index is -1.12. The lowest BCUT2D eigenvalue weighted by Gasteiger charge is -2.11. The number of halogens is 1. The number of aromatic nitrogens is 1. The van der Waals surface area contributed by atoms with Crippen LogP contribution in [-0.4, -0.2) is 22.4 Å². The van der Waals surface area contributed by atoms with E-state index in [1.165, 1.54) is 0 Å². The van der Waals surface area contributed by atoms with E-state index < -0.39 is 10.8 Å². The third kappa shape index (κ3) is 5.20. The van der Waals surface area contributed by atoms with Gasteiger partial charge in [0.15, 0.2) is 11.7 Å². The van der Waals surface area contributed by atoms with E-state index in [1.807, 2.05) is 61.5 Å². The maximum atomic E-state index is 10.8. The average Bonchev–Trinajstić information content (AvgIpc) is 3.04. The number of aryl methyl sites for hydroxylation is 1. The van der Waals surface area contributed by atoms with Gasteiger partial charge in [0.05, 0.1) is 29.5 Å². The molecule has 2 aromatic carbocycles. The number of carbonyl (C=O) groups excluding carboxylic acids is 1. The van der Waals surface area contributed by atoms with E-state index in [9.17, 15) is 9.90 Å². The number of hydrogen-bond acceptors (Lipinski definition) is 5. The quantitative estimate of drug-likeness (QED) is 0.514. The zero-order valence-corrected chi connectivity index (χ0v) is 16.4. The summed E-state index contributed by atoms with van der Waals surface area (Å²) in [5.74, 6) is 1.02. The van der Waals surface area contributed by atoms with Crippen molar-refractivity contribution in [2.24, 2.45) is 0 Å². The highest BCUT2D eigenvalue weighted by atomic mass is 79.9. The van der Waals surface area contributed by atoms with E-state index in [4.69, 9.17) is 9.15 Å². The predicted molar refractivity (Wildman–Crippen MR) is 104 cm³/mol. The van der Waals surface area contributed by atoms with Gasteiger partial charge in [-0.05, 0) is 31.0 Å². The van der Waals surface area contributed by atoms with Crippen LogP contribution >= 0.6 is 15.9 Å². The Bertz CT molecular complexity index is 890. The molecule has 0 aliphatic carbocycles. The van der Waals surface area contributed by atoms with Crippen molar-refractivity contribution in [2.45, 2.75) is 24.6 Å².